The lowest BCUT2D eigenvalue weighted by molar-refractivity contribution is 0.234. The Labute approximate surface area is 103 Å². The molecule has 1 N–H and O–H groups in total. The fourth-order valence-corrected chi connectivity index (χ4v) is 2.21. The minimum Gasteiger partial charge on any atom is -0.316 e. The van der Waals surface area contributed by atoms with Crippen molar-refractivity contribution in [3.63, 3.8) is 0 Å². The zero-order valence-corrected chi connectivity index (χ0v) is 12.4. The normalized spacial score (nSPS) is 15.8. The van der Waals surface area contributed by atoms with E-state index in [-0.39, 0.29) is 0 Å². The second-order valence-corrected chi connectivity index (χ2v) is 6.52. The molecule has 1 unspecified atom stereocenters. The average molecular weight is 227 g/mol. The molecular weight excluding hydrogens is 194 g/mol. The van der Waals surface area contributed by atoms with E-state index in [9.17, 15) is 0 Å². The molecule has 98 valence electrons. The van der Waals surface area contributed by atoms with Gasteiger partial charge in [0, 0.05) is 6.54 Å². The van der Waals surface area contributed by atoms with Crippen LogP contribution < -0.4 is 5.32 Å². The van der Waals surface area contributed by atoms with Gasteiger partial charge < -0.3 is 5.32 Å². The van der Waals surface area contributed by atoms with Crippen molar-refractivity contribution in [2.45, 2.75) is 67.2 Å². The fraction of sp³-hybridized carbons (Fsp3) is 1.00. The molecule has 0 amide bonds. The van der Waals surface area contributed by atoms with Crippen molar-refractivity contribution in [2.75, 3.05) is 13.1 Å². The van der Waals surface area contributed by atoms with E-state index < -0.39 is 0 Å². The third-order valence-corrected chi connectivity index (χ3v) is 3.28. The van der Waals surface area contributed by atoms with E-state index in [1.54, 1.807) is 0 Å². The molecule has 0 radical (unpaired) electrons. The van der Waals surface area contributed by atoms with Gasteiger partial charge in [0.2, 0.25) is 0 Å². The van der Waals surface area contributed by atoms with Crippen LogP contribution in [0.1, 0.15) is 67.2 Å². The van der Waals surface area contributed by atoms with E-state index >= 15 is 0 Å². The Morgan fingerprint density at radius 2 is 1.62 bits per heavy atom. The van der Waals surface area contributed by atoms with Crippen LogP contribution in [0.5, 0.6) is 0 Å². The lowest BCUT2D eigenvalue weighted by atomic mass is 9.79. The molecule has 0 aromatic carbocycles. The van der Waals surface area contributed by atoms with Crippen LogP contribution in [0.3, 0.4) is 0 Å². The monoisotopic (exact) mass is 227 g/mol. The molecule has 0 saturated heterocycles. The van der Waals surface area contributed by atoms with E-state index in [2.05, 4.69) is 46.9 Å². The Hall–Kier alpha value is -0.0400. The number of hydrogen-bond donors (Lipinski definition) is 1. The second kappa shape index (κ2) is 8.11. The van der Waals surface area contributed by atoms with Gasteiger partial charge >= 0.3 is 0 Å². The lowest BCUT2D eigenvalue weighted by Gasteiger charge is -2.31. The number of nitrogens with one attached hydrogen (secondary N) is 1. The topological polar surface area (TPSA) is 12.0 Å². The summed E-state index contributed by atoms with van der Waals surface area (Å²) < 4.78 is 0. The van der Waals surface area contributed by atoms with E-state index in [1.165, 1.54) is 32.2 Å². The van der Waals surface area contributed by atoms with E-state index in [0.29, 0.717) is 5.41 Å². The zero-order valence-electron chi connectivity index (χ0n) is 12.4. The molecule has 0 rings (SSSR count). The first-order valence-corrected chi connectivity index (χ1v) is 7.10. The van der Waals surface area contributed by atoms with Crippen LogP contribution in [0.4, 0.5) is 0 Å². The molecule has 0 aliphatic heterocycles. The molecule has 0 aromatic heterocycles. The first-order valence-electron chi connectivity index (χ1n) is 7.10. The van der Waals surface area contributed by atoms with Crippen molar-refractivity contribution < 1.29 is 0 Å². The SMILES string of the molecule is CCCC(C)(CCC(C)C)CNCC(C)C. The van der Waals surface area contributed by atoms with Gasteiger partial charge in [0.15, 0.2) is 0 Å². The van der Waals surface area contributed by atoms with Crippen molar-refractivity contribution in [3.05, 3.63) is 0 Å². The molecule has 0 aromatic rings. The fourth-order valence-electron chi connectivity index (χ4n) is 2.21. The summed E-state index contributed by atoms with van der Waals surface area (Å²) in [5.41, 5.74) is 0.508. The summed E-state index contributed by atoms with van der Waals surface area (Å²) in [7, 11) is 0. The summed E-state index contributed by atoms with van der Waals surface area (Å²) in [6.45, 7) is 16.3. The summed E-state index contributed by atoms with van der Waals surface area (Å²) in [5.74, 6) is 1.59. The predicted octanol–water partition coefficient (Wildman–Crippen LogP) is 4.47. The van der Waals surface area contributed by atoms with Crippen LogP contribution in [0, 0.1) is 17.3 Å². The van der Waals surface area contributed by atoms with E-state index in [4.69, 9.17) is 0 Å². The third kappa shape index (κ3) is 8.15. The highest BCUT2D eigenvalue weighted by Crippen LogP contribution is 2.30. The highest BCUT2D eigenvalue weighted by atomic mass is 14.9. The molecule has 0 saturated carbocycles. The summed E-state index contributed by atoms with van der Waals surface area (Å²) in [6.07, 6.45) is 5.38. The first-order chi connectivity index (χ1) is 7.39. The number of hydrogen-bond acceptors (Lipinski definition) is 1. The van der Waals surface area contributed by atoms with Crippen molar-refractivity contribution in [3.8, 4) is 0 Å². The molecule has 16 heavy (non-hydrogen) atoms. The maximum absolute atomic E-state index is 3.63. The van der Waals surface area contributed by atoms with Gasteiger partial charge in [-0.1, -0.05) is 54.4 Å². The summed E-state index contributed by atoms with van der Waals surface area (Å²) in [6, 6.07) is 0. The van der Waals surface area contributed by atoms with Gasteiger partial charge in [-0.05, 0) is 36.6 Å². The Balaban J connectivity index is 4.00. The first kappa shape index (κ1) is 16.0. The van der Waals surface area contributed by atoms with Gasteiger partial charge in [-0.25, -0.2) is 0 Å². The molecule has 0 bridgehead atoms. The smallest absolute Gasteiger partial charge is 0.000527 e. The largest absolute Gasteiger partial charge is 0.316 e. The van der Waals surface area contributed by atoms with Crippen LogP contribution >= 0.6 is 0 Å². The molecule has 0 heterocycles. The molecule has 1 atom stereocenters. The highest BCUT2D eigenvalue weighted by molar-refractivity contribution is 4.77. The average Bonchev–Trinajstić information content (AvgIpc) is 2.15. The molecule has 1 nitrogen and oxygen atoms in total. The Kier molecular flexibility index (Phi) is 8.09. The van der Waals surface area contributed by atoms with Crippen molar-refractivity contribution in [2.24, 2.45) is 17.3 Å². The van der Waals surface area contributed by atoms with Gasteiger partial charge in [-0.15, -0.1) is 0 Å². The van der Waals surface area contributed by atoms with Crippen molar-refractivity contribution >= 4 is 0 Å². The van der Waals surface area contributed by atoms with Crippen LogP contribution in [-0.4, -0.2) is 13.1 Å². The minimum absolute atomic E-state index is 0.508. The maximum atomic E-state index is 3.63. The Morgan fingerprint density at radius 3 is 2.06 bits per heavy atom. The minimum atomic E-state index is 0.508. The molecule has 1 heteroatoms. The van der Waals surface area contributed by atoms with Crippen LogP contribution in [0.15, 0.2) is 0 Å². The van der Waals surface area contributed by atoms with Gasteiger partial charge in [-0.2, -0.15) is 0 Å². The predicted molar refractivity (Wildman–Crippen MR) is 74.8 cm³/mol. The lowest BCUT2D eigenvalue weighted by Crippen LogP contribution is -2.34. The van der Waals surface area contributed by atoms with Gasteiger partial charge in [0.1, 0.15) is 0 Å². The number of rotatable bonds is 9. The summed E-state index contributed by atoms with van der Waals surface area (Å²) in [4.78, 5) is 0. The molecule has 0 aliphatic rings. The Morgan fingerprint density at radius 1 is 1.00 bits per heavy atom. The van der Waals surface area contributed by atoms with Gasteiger partial charge in [0.25, 0.3) is 0 Å². The van der Waals surface area contributed by atoms with Crippen LogP contribution in [0.25, 0.3) is 0 Å². The van der Waals surface area contributed by atoms with Crippen LogP contribution in [0.2, 0.25) is 0 Å². The quantitative estimate of drug-likeness (QED) is 0.612. The Bertz CT molecular complexity index is 163. The van der Waals surface area contributed by atoms with E-state index in [1.807, 2.05) is 0 Å². The summed E-state index contributed by atoms with van der Waals surface area (Å²) in [5, 5.41) is 3.63. The standard InChI is InChI=1S/C15H33N/c1-7-9-15(6,10-8-13(2)3)12-16-11-14(4)5/h13-14,16H,7-12H2,1-6H3. The molecule has 0 fully saturated rings. The van der Waals surface area contributed by atoms with Crippen molar-refractivity contribution in [1.29, 1.82) is 0 Å². The van der Waals surface area contributed by atoms with E-state index in [0.717, 1.165) is 18.4 Å². The molecule has 0 spiro atoms. The molecule has 0 aliphatic carbocycles. The van der Waals surface area contributed by atoms with Crippen molar-refractivity contribution in [1.82, 2.24) is 5.32 Å². The van der Waals surface area contributed by atoms with Crippen LogP contribution in [-0.2, 0) is 0 Å². The highest BCUT2D eigenvalue weighted by Gasteiger charge is 2.22. The second-order valence-electron chi connectivity index (χ2n) is 6.52. The zero-order chi connectivity index (χ0) is 12.6. The third-order valence-electron chi connectivity index (χ3n) is 3.28. The van der Waals surface area contributed by atoms with Gasteiger partial charge in [-0.3, -0.25) is 0 Å². The maximum Gasteiger partial charge on any atom is 0.000527 e. The summed E-state index contributed by atoms with van der Waals surface area (Å²) >= 11 is 0. The molecular formula is C15H33N. The van der Waals surface area contributed by atoms with Gasteiger partial charge in [0.05, 0.1) is 0 Å².